The summed E-state index contributed by atoms with van der Waals surface area (Å²) in [5.41, 5.74) is 6.47. The van der Waals surface area contributed by atoms with Crippen LogP contribution in [0, 0.1) is 5.82 Å². The average molecular weight is 289 g/mol. The summed E-state index contributed by atoms with van der Waals surface area (Å²) >= 11 is 0. The second-order valence-electron chi connectivity index (χ2n) is 4.53. The Hall–Kier alpha value is -2.56. The minimum atomic E-state index is -0.590. The number of nitrogens with two attached hydrogens (primary N) is 1. The van der Waals surface area contributed by atoms with Crippen molar-refractivity contribution in [1.82, 2.24) is 0 Å². The minimum Gasteiger partial charge on any atom is -0.493 e. The number of Topliss-reactive ketones (excluding diaryl/α,β-unsaturated/α-hetero) is 1. The van der Waals surface area contributed by atoms with Crippen molar-refractivity contribution >= 4 is 11.5 Å². The van der Waals surface area contributed by atoms with Crippen LogP contribution in [0.15, 0.2) is 36.4 Å². The fourth-order valence-electron chi connectivity index (χ4n) is 1.98. The Balaban J connectivity index is 2.21. The van der Waals surface area contributed by atoms with E-state index in [-0.39, 0.29) is 23.5 Å². The zero-order valence-electron chi connectivity index (χ0n) is 11.9. The first-order valence-corrected chi connectivity index (χ1v) is 6.34. The van der Waals surface area contributed by atoms with Gasteiger partial charge in [0.1, 0.15) is 5.82 Å². The third-order valence-corrected chi connectivity index (χ3v) is 3.14. The van der Waals surface area contributed by atoms with Crippen LogP contribution in [0.5, 0.6) is 11.5 Å². The molecule has 2 rings (SSSR count). The highest BCUT2D eigenvalue weighted by atomic mass is 19.1. The molecular weight excluding hydrogens is 273 g/mol. The predicted octanol–water partition coefficient (Wildman–Crippen LogP) is 2.85. The van der Waals surface area contributed by atoms with Crippen LogP contribution in [0.4, 0.5) is 10.1 Å². The minimum absolute atomic E-state index is 0.0256. The van der Waals surface area contributed by atoms with Crippen molar-refractivity contribution < 1.29 is 18.7 Å². The molecule has 21 heavy (non-hydrogen) atoms. The number of hydrogen-bond acceptors (Lipinski definition) is 4. The molecule has 0 aromatic heterocycles. The summed E-state index contributed by atoms with van der Waals surface area (Å²) in [6, 6.07) is 9.28. The summed E-state index contributed by atoms with van der Waals surface area (Å²) in [4.78, 5) is 12.2. The van der Waals surface area contributed by atoms with Gasteiger partial charge in [0.25, 0.3) is 0 Å². The van der Waals surface area contributed by atoms with E-state index in [9.17, 15) is 9.18 Å². The molecule has 0 aliphatic rings. The van der Waals surface area contributed by atoms with Gasteiger partial charge < -0.3 is 15.2 Å². The van der Waals surface area contributed by atoms with Gasteiger partial charge in [-0.25, -0.2) is 4.39 Å². The van der Waals surface area contributed by atoms with E-state index < -0.39 is 5.82 Å². The lowest BCUT2D eigenvalue weighted by atomic mass is 10.0. The average Bonchev–Trinajstić information content (AvgIpc) is 2.49. The largest absolute Gasteiger partial charge is 0.493 e. The van der Waals surface area contributed by atoms with Gasteiger partial charge in [-0.1, -0.05) is 6.07 Å². The van der Waals surface area contributed by atoms with Crippen molar-refractivity contribution in [2.45, 2.75) is 6.42 Å². The Labute approximate surface area is 122 Å². The predicted molar refractivity (Wildman–Crippen MR) is 78.4 cm³/mol. The van der Waals surface area contributed by atoms with E-state index in [1.54, 1.807) is 25.3 Å². The number of benzene rings is 2. The van der Waals surface area contributed by atoms with Crippen LogP contribution in [-0.2, 0) is 6.42 Å². The molecule has 0 aliphatic carbocycles. The Morgan fingerprint density at radius 3 is 2.43 bits per heavy atom. The first kappa shape index (κ1) is 14.8. The lowest BCUT2D eigenvalue weighted by Gasteiger charge is -2.09. The van der Waals surface area contributed by atoms with Crippen LogP contribution in [0.25, 0.3) is 0 Å². The lowest BCUT2D eigenvalue weighted by molar-refractivity contribution is 0.0992. The summed E-state index contributed by atoms with van der Waals surface area (Å²) in [7, 11) is 3.07. The first-order valence-electron chi connectivity index (χ1n) is 6.34. The molecule has 0 fully saturated rings. The van der Waals surface area contributed by atoms with Gasteiger partial charge in [-0.05, 0) is 35.9 Å². The number of ether oxygens (including phenoxy) is 2. The van der Waals surface area contributed by atoms with E-state index in [2.05, 4.69) is 0 Å². The number of ketones is 1. The van der Waals surface area contributed by atoms with Crippen LogP contribution >= 0.6 is 0 Å². The van der Waals surface area contributed by atoms with Crippen LogP contribution in [0.2, 0.25) is 0 Å². The van der Waals surface area contributed by atoms with E-state index in [0.29, 0.717) is 11.5 Å². The van der Waals surface area contributed by atoms with Gasteiger partial charge in [0.15, 0.2) is 17.3 Å². The highest BCUT2D eigenvalue weighted by Crippen LogP contribution is 2.28. The molecule has 0 aliphatic heterocycles. The Morgan fingerprint density at radius 2 is 1.81 bits per heavy atom. The number of halogens is 1. The molecule has 0 saturated heterocycles. The van der Waals surface area contributed by atoms with Gasteiger partial charge >= 0.3 is 0 Å². The van der Waals surface area contributed by atoms with Crippen molar-refractivity contribution in [3.05, 3.63) is 53.3 Å². The normalized spacial score (nSPS) is 10.2. The summed E-state index contributed by atoms with van der Waals surface area (Å²) in [6.07, 6.45) is 0.143. The topological polar surface area (TPSA) is 61.5 Å². The van der Waals surface area contributed by atoms with Crippen LogP contribution in [0.3, 0.4) is 0 Å². The van der Waals surface area contributed by atoms with Crippen molar-refractivity contribution in [1.29, 1.82) is 0 Å². The van der Waals surface area contributed by atoms with Crippen molar-refractivity contribution in [3.63, 3.8) is 0 Å². The lowest BCUT2D eigenvalue weighted by Crippen LogP contribution is -2.05. The summed E-state index contributed by atoms with van der Waals surface area (Å²) in [5, 5.41) is 0. The maximum atomic E-state index is 13.4. The number of methoxy groups -OCH3 is 2. The molecule has 110 valence electrons. The fourth-order valence-corrected chi connectivity index (χ4v) is 1.98. The van der Waals surface area contributed by atoms with Gasteiger partial charge in [0.2, 0.25) is 0 Å². The molecule has 0 radical (unpaired) electrons. The zero-order chi connectivity index (χ0) is 15.4. The smallest absolute Gasteiger partial charge is 0.167 e. The van der Waals surface area contributed by atoms with E-state index >= 15 is 0 Å². The number of carbonyl (C=O) groups is 1. The second kappa shape index (κ2) is 6.26. The molecular formula is C16H16FNO3. The van der Waals surface area contributed by atoms with Crippen LogP contribution in [0.1, 0.15) is 15.9 Å². The van der Waals surface area contributed by atoms with E-state index in [4.69, 9.17) is 15.2 Å². The monoisotopic (exact) mass is 289 g/mol. The van der Waals surface area contributed by atoms with Gasteiger partial charge in [-0.2, -0.15) is 0 Å². The number of carbonyl (C=O) groups excluding carboxylic acids is 1. The van der Waals surface area contributed by atoms with E-state index in [1.807, 2.05) is 0 Å². The van der Waals surface area contributed by atoms with Crippen molar-refractivity contribution in [2.24, 2.45) is 0 Å². The van der Waals surface area contributed by atoms with Gasteiger partial charge in [-0.3, -0.25) is 4.79 Å². The van der Waals surface area contributed by atoms with Gasteiger partial charge in [0.05, 0.1) is 19.9 Å². The fraction of sp³-hybridized carbons (Fsp3) is 0.188. The van der Waals surface area contributed by atoms with Crippen molar-refractivity contribution in [2.75, 3.05) is 20.0 Å². The third-order valence-electron chi connectivity index (χ3n) is 3.14. The molecule has 0 amide bonds. The molecule has 0 unspecified atom stereocenters. The molecule has 0 atom stereocenters. The molecule has 0 spiro atoms. The molecule has 0 heterocycles. The highest BCUT2D eigenvalue weighted by molar-refractivity contribution is 5.97. The number of anilines is 1. The number of hydrogen-bond donors (Lipinski definition) is 1. The molecule has 4 nitrogen and oxygen atoms in total. The Kier molecular flexibility index (Phi) is 4.42. The van der Waals surface area contributed by atoms with Crippen LogP contribution in [-0.4, -0.2) is 20.0 Å². The number of rotatable bonds is 5. The van der Waals surface area contributed by atoms with E-state index in [1.165, 1.54) is 19.2 Å². The summed E-state index contributed by atoms with van der Waals surface area (Å²) < 4.78 is 23.7. The Morgan fingerprint density at radius 1 is 1.10 bits per heavy atom. The molecule has 2 aromatic carbocycles. The standard InChI is InChI=1S/C16H16FNO3/c1-20-15-6-3-10(8-16(15)21-2)7-14(19)11-4-5-13(18)12(17)9-11/h3-6,8-9H,7,18H2,1-2H3. The second-order valence-corrected chi connectivity index (χ2v) is 4.53. The number of nitrogen functional groups attached to an aromatic ring is 1. The maximum Gasteiger partial charge on any atom is 0.167 e. The molecule has 5 heteroatoms. The SMILES string of the molecule is COc1ccc(CC(=O)c2ccc(N)c(F)c2)cc1OC. The summed E-state index contributed by atoms with van der Waals surface area (Å²) in [6.45, 7) is 0. The van der Waals surface area contributed by atoms with Gasteiger partial charge in [-0.15, -0.1) is 0 Å². The first-order chi connectivity index (χ1) is 10.0. The van der Waals surface area contributed by atoms with Crippen LogP contribution < -0.4 is 15.2 Å². The maximum absolute atomic E-state index is 13.4. The quantitative estimate of drug-likeness (QED) is 0.679. The molecule has 2 N–H and O–H groups in total. The van der Waals surface area contributed by atoms with Gasteiger partial charge in [0, 0.05) is 12.0 Å². The zero-order valence-corrected chi connectivity index (χ0v) is 11.9. The molecule has 2 aromatic rings. The molecule has 0 bridgehead atoms. The third kappa shape index (κ3) is 3.31. The Bertz CT molecular complexity index is 671. The summed E-state index contributed by atoms with van der Waals surface area (Å²) in [5.74, 6) is 0.354. The molecule has 0 saturated carbocycles. The van der Waals surface area contributed by atoms with E-state index in [0.717, 1.165) is 11.6 Å². The highest BCUT2D eigenvalue weighted by Gasteiger charge is 2.11. The van der Waals surface area contributed by atoms with Crippen molar-refractivity contribution in [3.8, 4) is 11.5 Å².